The molecule has 1 aromatic carbocycles. The molecule has 2 aliphatic carbocycles. The van der Waals surface area contributed by atoms with E-state index in [-0.39, 0.29) is 48.3 Å². The Balaban J connectivity index is 1.59. The number of nitrogen functional groups attached to an aromatic ring is 1. The van der Waals surface area contributed by atoms with E-state index in [1.807, 2.05) is 12.2 Å². The van der Waals surface area contributed by atoms with E-state index in [4.69, 9.17) is 10.5 Å². The third-order valence-electron chi connectivity index (χ3n) is 7.13. The molecule has 35 heavy (non-hydrogen) atoms. The van der Waals surface area contributed by atoms with Crippen molar-refractivity contribution in [1.82, 2.24) is 9.88 Å². The van der Waals surface area contributed by atoms with Crippen LogP contribution in [0.2, 0.25) is 0 Å². The number of carboxylic acids is 1. The van der Waals surface area contributed by atoms with Gasteiger partial charge in [0.05, 0.1) is 23.2 Å². The number of nitrogens with two attached hydrogens (primary N) is 1. The number of hydrogen-bond donors (Lipinski definition) is 3. The van der Waals surface area contributed by atoms with E-state index in [1.165, 1.54) is 4.57 Å². The molecule has 3 atom stereocenters. The van der Waals surface area contributed by atoms with Gasteiger partial charge in [0.25, 0.3) is 0 Å². The summed E-state index contributed by atoms with van der Waals surface area (Å²) in [5.41, 5.74) is 3.35. The van der Waals surface area contributed by atoms with E-state index in [2.05, 4.69) is 5.32 Å². The number of rotatable bonds is 5. The van der Waals surface area contributed by atoms with Crippen molar-refractivity contribution in [2.24, 2.45) is 11.8 Å². The van der Waals surface area contributed by atoms with Crippen LogP contribution in [0.3, 0.4) is 0 Å². The number of anilines is 2. The van der Waals surface area contributed by atoms with Crippen molar-refractivity contribution in [1.29, 1.82) is 0 Å². The number of carbonyl (C=O) groups is 2. The minimum atomic E-state index is -1.48. The van der Waals surface area contributed by atoms with Gasteiger partial charge in [-0.15, -0.1) is 0 Å². The Morgan fingerprint density at radius 2 is 2.00 bits per heavy atom. The van der Waals surface area contributed by atoms with Gasteiger partial charge < -0.3 is 30.4 Å². The van der Waals surface area contributed by atoms with Crippen LogP contribution in [0.15, 0.2) is 23.1 Å². The van der Waals surface area contributed by atoms with Crippen LogP contribution in [0.5, 0.6) is 0 Å². The molecule has 9 nitrogen and oxygen atoms in total. The number of alkyl carbamates (subject to hydrolysis) is 1. The van der Waals surface area contributed by atoms with Crippen molar-refractivity contribution in [2.75, 3.05) is 30.3 Å². The molecule has 2 aromatic rings. The second-order valence-corrected chi connectivity index (χ2v) is 9.30. The third kappa shape index (κ3) is 3.78. The summed E-state index contributed by atoms with van der Waals surface area (Å²) in [5.74, 6) is -3.68. The second kappa shape index (κ2) is 8.54. The molecule has 2 heterocycles. The number of ether oxygens (including phenoxy) is 1. The summed E-state index contributed by atoms with van der Waals surface area (Å²) in [6.07, 6.45) is 6.43. The van der Waals surface area contributed by atoms with Gasteiger partial charge in [0.1, 0.15) is 11.3 Å². The number of nitrogens with zero attached hydrogens (tertiary/aromatic N) is 2. The number of nitrogens with one attached hydrogen (secondary N) is 1. The summed E-state index contributed by atoms with van der Waals surface area (Å²) < 4.78 is 38.0. The molecular weight excluding hydrogens is 462 g/mol. The Bertz CT molecular complexity index is 1320. The molecule has 1 aromatic heterocycles. The van der Waals surface area contributed by atoms with Crippen molar-refractivity contribution < 1.29 is 28.2 Å². The van der Waals surface area contributed by atoms with Gasteiger partial charge >= 0.3 is 12.1 Å². The molecule has 5 rings (SSSR count). The molecule has 11 heteroatoms. The van der Waals surface area contributed by atoms with Crippen molar-refractivity contribution in [2.45, 2.75) is 38.3 Å². The first-order valence-corrected chi connectivity index (χ1v) is 11.7. The zero-order valence-electron chi connectivity index (χ0n) is 19.1. The lowest BCUT2D eigenvalue weighted by Gasteiger charge is -2.29. The van der Waals surface area contributed by atoms with E-state index in [0.29, 0.717) is 25.8 Å². The average molecular weight is 488 g/mol. The highest BCUT2D eigenvalue weighted by molar-refractivity contribution is 5.99. The fraction of sp³-hybridized carbons (Fsp3) is 0.458. The Morgan fingerprint density at radius 3 is 2.66 bits per heavy atom. The maximum Gasteiger partial charge on any atom is 0.407 e. The van der Waals surface area contributed by atoms with E-state index in [0.717, 1.165) is 6.20 Å². The molecule has 1 saturated heterocycles. The quantitative estimate of drug-likeness (QED) is 0.436. The minimum absolute atomic E-state index is 0.0635. The fourth-order valence-corrected chi connectivity index (χ4v) is 5.35. The fourth-order valence-electron chi connectivity index (χ4n) is 5.35. The number of aromatic carboxylic acids is 1. The summed E-state index contributed by atoms with van der Waals surface area (Å²) in [5, 5.41) is 11.8. The summed E-state index contributed by atoms with van der Waals surface area (Å²) >= 11 is 0. The molecule has 3 aliphatic rings. The highest BCUT2D eigenvalue weighted by Gasteiger charge is 2.42. The third-order valence-corrected chi connectivity index (χ3v) is 7.13. The van der Waals surface area contributed by atoms with Crippen LogP contribution in [0.25, 0.3) is 10.9 Å². The Labute approximate surface area is 199 Å². The maximum atomic E-state index is 16.1. The topological polar surface area (TPSA) is 127 Å². The first-order chi connectivity index (χ1) is 16.7. The minimum Gasteiger partial charge on any atom is -0.477 e. The molecule has 2 fully saturated rings. The number of fused-ring (bicyclic) bond motifs is 2. The monoisotopic (exact) mass is 488 g/mol. The van der Waals surface area contributed by atoms with Crippen molar-refractivity contribution in [3.05, 3.63) is 45.8 Å². The van der Waals surface area contributed by atoms with Crippen molar-refractivity contribution in [3.8, 4) is 0 Å². The lowest BCUT2D eigenvalue weighted by Crippen LogP contribution is -2.44. The van der Waals surface area contributed by atoms with Gasteiger partial charge in [-0.3, -0.25) is 4.79 Å². The first kappa shape index (κ1) is 23.1. The highest BCUT2D eigenvalue weighted by atomic mass is 19.1. The molecule has 0 bridgehead atoms. The van der Waals surface area contributed by atoms with Crippen LogP contribution in [0.1, 0.15) is 42.6 Å². The van der Waals surface area contributed by atoms with E-state index >= 15 is 8.78 Å². The molecule has 3 unspecified atom stereocenters. The largest absolute Gasteiger partial charge is 0.477 e. The van der Waals surface area contributed by atoms with Gasteiger partial charge in [-0.2, -0.15) is 0 Å². The van der Waals surface area contributed by atoms with E-state index in [1.54, 1.807) is 11.8 Å². The smallest absolute Gasteiger partial charge is 0.407 e. The molecular formula is C24H26F2N4O5. The molecule has 0 spiro atoms. The van der Waals surface area contributed by atoms with Gasteiger partial charge in [-0.05, 0) is 26.2 Å². The normalized spacial score (nSPS) is 23.4. The maximum absolute atomic E-state index is 16.1. The number of pyridine rings is 1. The van der Waals surface area contributed by atoms with Gasteiger partial charge in [0, 0.05) is 43.2 Å². The van der Waals surface area contributed by atoms with Crippen molar-refractivity contribution in [3.63, 3.8) is 0 Å². The molecule has 4 N–H and O–H groups in total. The number of amides is 1. The summed E-state index contributed by atoms with van der Waals surface area (Å²) in [6, 6.07) is -0.452. The highest BCUT2D eigenvalue weighted by Crippen LogP contribution is 2.44. The predicted molar refractivity (Wildman–Crippen MR) is 125 cm³/mol. The average Bonchev–Trinajstić information content (AvgIpc) is 3.56. The Hall–Kier alpha value is -3.63. The number of hydrogen-bond acceptors (Lipinski definition) is 6. The Kier molecular flexibility index (Phi) is 5.65. The number of carboxylic acid groups (broad SMARTS) is 1. The number of benzene rings is 1. The Morgan fingerprint density at radius 1 is 1.26 bits per heavy atom. The van der Waals surface area contributed by atoms with Crippen LogP contribution in [0.4, 0.5) is 25.0 Å². The standard InChI is InChI=1S/C24H26F2N4O5/c1-2-35-24(34)28-15-5-3-4-11-8-29(9-13(11)15)21-17(25)19(27)16-20(18(21)26)30(12-6-7-12)10-14(22(16)31)23(32)33/h3-4,10-13,15H,2,5-9,27H2,1H3,(H,28,34)(H,32,33). The summed E-state index contributed by atoms with van der Waals surface area (Å²) in [4.78, 5) is 38.0. The molecule has 1 amide bonds. The summed E-state index contributed by atoms with van der Waals surface area (Å²) in [6.45, 7) is 2.48. The molecule has 1 saturated carbocycles. The van der Waals surface area contributed by atoms with Crippen LogP contribution in [-0.2, 0) is 4.74 Å². The molecule has 0 radical (unpaired) electrons. The first-order valence-electron chi connectivity index (χ1n) is 11.7. The van der Waals surface area contributed by atoms with Crippen LogP contribution >= 0.6 is 0 Å². The lowest BCUT2D eigenvalue weighted by molar-refractivity contribution is 0.0694. The van der Waals surface area contributed by atoms with Crippen LogP contribution < -0.4 is 21.4 Å². The van der Waals surface area contributed by atoms with Crippen molar-refractivity contribution >= 4 is 34.3 Å². The van der Waals surface area contributed by atoms with Gasteiger partial charge in [0.15, 0.2) is 11.6 Å². The number of halogens is 2. The van der Waals surface area contributed by atoms with Crippen LogP contribution in [0, 0.1) is 23.5 Å². The van der Waals surface area contributed by atoms with Gasteiger partial charge in [0.2, 0.25) is 5.43 Å². The zero-order chi connectivity index (χ0) is 25.0. The number of carbonyl (C=O) groups excluding carboxylic acids is 1. The van der Waals surface area contributed by atoms with E-state index in [9.17, 15) is 19.5 Å². The molecule has 186 valence electrons. The second-order valence-electron chi connectivity index (χ2n) is 9.30. The SMILES string of the molecule is CCOC(=O)NC1CC=CC2CN(c3c(F)c(N)c4c(=O)c(C(=O)O)cn(C5CC5)c4c3F)CC21. The predicted octanol–water partition coefficient (Wildman–Crippen LogP) is 3.02. The van der Waals surface area contributed by atoms with Crippen LogP contribution in [-0.4, -0.2) is 47.5 Å². The zero-order valence-corrected chi connectivity index (χ0v) is 19.1. The number of aromatic nitrogens is 1. The summed E-state index contributed by atoms with van der Waals surface area (Å²) in [7, 11) is 0. The lowest BCUT2D eigenvalue weighted by atomic mass is 9.83. The van der Waals surface area contributed by atoms with Gasteiger partial charge in [-0.25, -0.2) is 18.4 Å². The van der Waals surface area contributed by atoms with Gasteiger partial charge in [-0.1, -0.05) is 12.2 Å². The van der Waals surface area contributed by atoms with E-state index < -0.39 is 45.8 Å². The molecule has 1 aliphatic heterocycles.